The number of carboxylic acids is 1. The Balaban J connectivity index is 2.10. The fourth-order valence-corrected chi connectivity index (χ4v) is 1.94. The van der Waals surface area contributed by atoms with Gasteiger partial charge in [0.2, 0.25) is 0 Å². The third-order valence-electron chi connectivity index (χ3n) is 2.91. The van der Waals surface area contributed by atoms with Crippen molar-refractivity contribution >= 4 is 11.9 Å². The van der Waals surface area contributed by atoms with Crippen LogP contribution in [0.4, 0.5) is 0 Å². The van der Waals surface area contributed by atoms with Gasteiger partial charge >= 0.3 is 5.97 Å². The second kappa shape index (κ2) is 5.18. The van der Waals surface area contributed by atoms with Gasteiger partial charge in [0.25, 0.3) is 5.91 Å². The normalized spacial score (nSPS) is 19.6. The predicted octanol–water partition coefficient (Wildman–Crippen LogP) is 1.25. The molecule has 0 aliphatic carbocycles. The molecule has 0 aromatic heterocycles. The zero-order valence-electron chi connectivity index (χ0n) is 10.1. The van der Waals surface area contributed by atoms with Crippen molar-refractivity contribution in [3.05, 3.63) is 35.4 Å². The van der Waals surface area contributed by atoms with Crippen molar-refractivity contribution in [2.75, 3.05) is 19.7 Å². The first-order chi connectivity index (χ1) is 8.58. The molecule has 1 heterocycles. The van der Waals surface area contributed by atoms with E-state index in [9.17, 15) is 9.59 Å². The largest absolute Gasteiger partial charge is 0.478 e. The molecule has 1 aromatic rings. The summed E-state index contributed by atoms with van der Waals surface area (Å²) < 4.78 is 5.37. The third-order valence-corrected chi connectivity index (χ3v) is 2.91. The number of carbonyl (C=O) groups excluding carboxylic acids is 1. The van der Waals surface area contributed by atoms with Crippen molar-refractivity contribution in [2.24, 2.45) is 0 Å². The van der Waals surface area contributed by atoms with Gasteiger partial charge in [-0.25, -0.2) is 4.79 Å². The SMILES string of the molecule is CC1CN(C(=O)c2ccc(C(=O)O)cc2)CCO1. The molecule has 18 heavy (non-hydrogen) atoms. The lowest BCUT2D eigenvalue weighted by molar-refractivity contribution is -0.0124. The number of carboxylic acid groups (broad SMARTS) is 1. The highest BCUT2D eigenvalue weighted by molar-refractivity contribution is 5.96. The Kier molecular flexibility index (Phi) is 3.62. The molecular weight excluding hydrogens is 234 g/mol. The van der Waals surface area contributed by atoms with E-state index in [0.717, 1.165) is 0 Å². The molecule has 1 amide bonds. The van der Waals surface area contributed by atoms with Crippen molar-refractivity contribution < 1.29 is 19.4 Å². The van der Waals surface area contributed by atoms with E-state index in [0.29, 0.717) is 25.3 Å². The number of morpholine rings is 1. The van der Waals surface area contributed by atoms with Crippen LogP contribution in [0, 0.1) is 0 Å². The van der Waals surface area contributed by atoms with E-state index in [1.807, 2.05) is 6.92 Å². The lowest BCUT2D eigenvalue weighted by Gasteiger charge is -2.31. The average Bonchev–Trinajstić information content (AvgIpc) is 2.38. The van der Waals surface area contributed by atoms with Crippen molar-refractivity contribution in [3.8, 4) is 0 Å². The first kappa shape index (κ1) is 12.6. The predicted molar refractivity (Wildman–Crippen MR) is 64.7 cm³/mol. The zero-order valence-corrected chi connectivity index (χ0v) is 10.1. The number of nitrogens with zero attached hydrogens (tertiary/aromatic N) is 1. The lowest BCUT2D eigenvalue weighted by atomic mass is 10.1. The zero-order chi connectivity index (χ0) is 13.1. The van der Waals surface area contributed by atoms with Crippen LogP contribution in [0.3, 0.4) is 0 Å². The highest BCUT2D eigenvalue weighted by Crippen LogP contribution is 2.11. The van der Waals surface area contributed by atoms with Gasteiger partial charge in [-0.2, -0.15) is 0 Å². The topological polar surface area (TPSA) is 66.8 Å². The molecular formula is C13H15NO4. The van der Waals surface area contributed by atoms with E-state index < -0.39 is 5.97 Å². The molecule has 0 radical (unpaired) electrons. The second-order valence-electron chi connectivity index (χ2n) is 4.32. The first-order valence-electron chi connectivity index (χ1n) is 5.82. The highest BCUT2D eigenvalue weighted by atomic mass is 16.5. The minimum absolute atomic E-state index is 0.0426. The van der Waals surface area contributed by atoms with Crippen LogP contribution in [0.5, 0.6) is 0 Å². The molecule has 0 spiro atoms. The van der Waals surface area contributed by atoms with Gasteiger partial charge in [0, 0.05) is 18.7 Å². The maximum Gasteiger partial charge on any atom is 0.335 e. The third kappa shape index (κ3) is 2.68. The summed E-state index contributed by atoms with van der Waals surface area (Å²) in [5.74, 6) is -1.07. The summed E-state index contributed by atoms with van der Waals surface area (Å²) in [5, 5.41) is 8.79. The number of hydrogen-bond acceptors (Lipinski definition) is 3. The van der Waals surface area contributed by atoms with Crippen LogP contribution < -0.4 is 0 Å². The Morgan fingerprint density at radius 1 is 1.28 bits per heavy atom. The maximum atomic E-state index is 12.1. The molecule has 5 heteroatoms. The molecule has 1 saturated heterocycles. The van der Waals surface area contributed by atoms with Crippen molar-refractivity contribution in [3.63, 3.8) is 0 Å². The summed E-state index contributed by atoms with van der Waals surface area (Å²) >= 11 is 0. The molecule has 1 fully saturated rings. The van der Waals surface area contributed by atoms with Crippen LogP contribution in [0.1, 0.15) is 27.6 Å². The summed E-state index contributed by atoms with van der Waals surface area (Å²) in [4.78, 5) is 24.6. The number of benzene rings is 1. The smallest absolute Gasteiger partial charge is 0.335 e. The molecule has 96 valence electrons. The average molecular weight is 249 g/mol. The minimum Gasteiger partial charge on any atom is -0.478 e. The number of aromatic carboxylic acids is 1. The molecule has 1 N–H and O–H groups in total. The van der Waals surface area contributed by atoms with Gasteiger partial charge in [-0.1, -0.05) is 0 Å². The Hall–Kier alpha value is -1.88. The van der Waals surface area contributed by atoms with Crippen LogP contribution >= 0.6 is 0 Å². The summed E-state index contributed by atoms with van der Waals surface area (Å²) in [5.41, 5.74) is 0.691. The van der Waals surface area contributed by atoms with Crippen molar-refractivity contribution in [1.29, 1.82) is 0 Å². The molecule has 1 unspecified atom stereocenters. The van der Waals surface area contributed by atoms with Gasteiger partial charge in [0.05, 0.1) is 18.3 Å². The number of hydrogen-bond donors (Lipinski definition) is 1. The Labute approximate surface area is 105 Å². The van der Waals surface area contributed by atoms with Gasteiger partial charge in [-0.05, 0) is 31.2 Å². The van der Waals surface area contributed by atoms with E-state index in [1.165, 1.54) is 12.1 Å². The van der Waals surface area contributed by atoms with Crippen LogP contribution in [-0.2, 0) is 4.74 Å². The standard InChI is InChI=1S/C13H15NO4/c1-9-8-14(6-7-18-9)12(15)10-2-4-11(5-3-10)13(16)17/h2-5,9H,6-8H2,1H3,(H,16,17). The summed E-state index contributed by atoms with van der Waals surface area (Å²) in [6.07, 6.45) is 0.0426. The van der Waals surface area contributed by atoms with E-state index in [1.54, 1.807) is 17.0 Å². The molecule has 0 bridgehead atoms. The van der Waals surface area contributed by atoms with Crippen LogP contribution in [0.15, 0.2) is 24.3 Å². The van der Waals surface area contributed by atoms with Crippen LogP contribution in [-0.4, -0.2) is 47.7 Å². The van der Waals surface area contributed by atoms with Crippen molar-refractivity contribution in [2.45, 2.75) is 13.0 Å². The van der Waals surface area contributed by atoms with Gasteiger partial charge < -0.3 is 14.7 Å². The summed E-state index contributed by atoms with van der Waals surface area (Å²) in [6, 6.07) is 5.98. The number of ether oxygens (including phenoxy) is 1. The monoisotopic (exact) mass is 249 g/mol. The Morgan fingerprint density at radius 2 is 1.89 bits per heavy atom. The molecule has 1 aliphatic heterocycles. The Morgan fingerprint density at radius 3 is 2.44 bits per heavy atom. The second-order valence-corrected chi connectivity index (χ2v) is 4.32. The number of amides is 1. The molecule has 5 nitrogen and oxygen atoms in total. The number of carbonyl (C=O) groups is 2. The maximum absolute atomic E-state index is 12.1. The molecule has 0 saturated carbocycles. The van der Waals surface area contributed by atoms with Crippen LogP contribution in [0.25, 0.3) is 0 Å². The summed E-state index contributed by atoms with van der Waals surface area (Å²) in [6.45, 7) is 3.61. The fraction of sp³-hybridized carbons (Fsp3) is 0.385. The van der Waals surface area contributed by atoms with Gasteiger partial charge in [0.1, 0.15) is 0 Å². The Bertz CT molecular complexity index is 455. The fourth-order valence-electron chi connectivity index (χ4n) is 1.94. The van der Waals surface area contributed by atoms with Gasteiger partial charge in [-0.15, -0.1) is 0 Å². The minimum atomic E-state index is -0.992. The lowest BCUT2D eigenvalue weighted by Crippen LogP contribution is -2.44. The molecule has 1 aliphatic rings. The van der Waals surface area contributed by atoms with Gasteiger partial charge in [-0.3, -0.25) is 4.79 Å². The van der Waals surface area contributed by atoms with E-state index >= 15 is 0 Å². The van der Waals surface area contributed by atoms with E-state index in [2.05, 4.69) is 0 Å². The van der Waals surface area contributed by atoms with Crippen molar-refractivity contribution in [1.82, 2.24) is 4.90 Å². The van der Waals surface area contributed by atoms with Gasteiger partial charge in [0.15, 0.2) is 0 Å². The van der Waals surface area contributed by atoms with Crippen LogP contribution in [0.2, 0.25) is 0 Å². The summed E-state index contributed by atoms with van der Waals surface area (Å²) in [7, 11) is 0. The van der Waals surface area contributed by atoms with E-state index in [4.69, 9.17) is 9.84 Å². The van der Waals surface area contributed by atoms with E-state index in [-0.39, 0.29) is 17.6 Å². The quantitative estimate of drug-likeness (QED) is 0.856. The molecule has 1 aromatic carbocycles. The number of rotatable bonds is 2. The highest BCUT2D eigenvalue weighted by Gasteiger charge is 2.22. The molecule has 2 rings (SSSR count). The first-order valence-corrected chi connectivity index (χ1v) is 5.82. The molecule has 1 atom stereocenters.